The molecule has 70 valence electrons. The van der Waals surface area contributed by atoms with Gasteiger partial charge in [-0.2, -0.15) is 0 Å². The Balaban J connectivity index is 2.49. The Labute approximate surface area is 72.4 Å². The van der Waals surface area contributed by atoms with Crippen LogP contribution in [-0.2, 0) is 9.47 Å². The van der Waals surface area contributed by atoms with Crippen molar-refractivity contribution in [1.29, 1.82) is 0 Å². The first-order valence-electron chi connectivity index (χ1n) is 4.12. The summed E-state index contributed by atoms with van der Waals surface area (Å²) in [6, 6.07) is 0. The maximum absolute atomic E-state index is 11.1. The zero-order valence-electron chi connectivity index (χ0n) is 7.74. The number of nitrogens with zero attached hydrogens (tertiary/aromatic N) is 1. The van der Waals surface area contributed by atoms with Crippen LogP contribution in [0.15, 0.2) is 0 Å². The van der Waals surface area contributed by atoms with Crippen molar-refractivity contribution < 1.29 is 14.3 Å². The van der Waals surface area contributed by atoms with E-state index in [9.17, 15) is 4.79 Å². The molecule has 0 saturated carbocycles. The first-order chi connectivity index (χ1) is 5.63. The first kappa shape index (κ1) is 9.32. The van der Waals surface area contributed by atoms with Gasteiger partial charge in [-0.25, -0.2) is 4.79 Å². The van der Waals surface area contributed by atoms with Crippen LogP contribution in [0.1, 0.15) is 13.8 Å². The zero-order valence-corrected chi connectivity index (χ0v) is 7.74. The van der Waals surface area contributed by atoms with Crippen LogP contribution in [-0.4, -0.2) is 43.4 Å². The Morgan fingerprint density at radius 2 is 1.92 bits per heavy atom. The number of morpholine rings is 1. The lowest BCUT2D eigenvalue weighted by molar-refractivity contribution is -0.0620. The highest BCUT2D eigenvalue weighted by atomic mass is 16.5. The maximum atomic E-state index is 11.1. The van der Waals surface area contributed by atoms with Gasteiger partial charge in [0.1, 0.15) is 0 Å². The minimum Gasteiger partial charge on any atom is -0.453 e. The zero-order chi connectivity index (χ0) is 9.14. The van der Waals surface area contributed by atoms with E-state index in [1.54, 1.807) is 4.90 Å². The molecule has 4 nitrogen and oxygen atoms in total. The second-order valence-corrected chi connectivity index (χ2v) is 3.13. The monoisotopic (exact) mass is 173 g/mol. The third kappa shape index (κ3) is 2.11. The number of rotatable bonds is 0. The van der Waals surface area contributed by atoms with E-state index in [-0.39, 0.29) is 18.3 Å². The van der Waals surface area contributed by atoms with Gasteiger partial charge in [0.15, 0.2) is 0 Å². The molecule has 2 atom stereocenters. The number of carbonyl (C=O) groups excluding carboxylic acids is 1. The Morgan fingerprint density at radius 1 is 1.42 bits per heavy atom. The van der Waals surface area contributed by atoms with Crippen molar-refractivity contribution in [3.8, 4) is 0 Å². The second-order valence-electron chi connectivity index (χ2n) is 3.13. The van der Waals surface area contributed by atoms with Gasteiger partial charge >= 0.3 is 6.09 Å². The van der Waals surface area contributed by atoms with Gasteiger partial charge < -0.3 is 14.4 Å². The molecule has 1 saturated heterocycles. The van der Waals surface area contributed by atoms with Crippen LogP contribution in [0, 0.1) is 0 Å². The molecule has 0 N–H and O–H groups in total. The molecule has 0 bridgehead atoms. The maximum Gasteiger partial charge on any atom is 0.409 e. The van der Waals surface area contributed by atoms with Crippen molar-refractivity contribution in [2.24, 2.45) is 0 Å². The molecule has 12 heavy (non-hydrogen) atoms. The van der Waals surface area contributed by atoms with Gasteiger partial charge in [-0.3, -0.25) is 0 Å². The van der Waals surface area contributed by atoms with Crippen LogP contribution in [0.2, 0.25) is 0 Å². The van der Waals surface area contributed by atoms with Crippen LogP contribution in [0.25, 0.3) is 0 Å². The van der Waals surface area contributed by atoms with Gasteiger partial charge in [-0.1, -0.05) is 0 Å². The largest absolute Gasteiger partial charge is 0.453 e. The summed E-state index contributed by atoms with van der Waals surface area (Å²) in [6.07, 6.45) is -0.0577. The number of amides is 1. The van der Waals surface area contributed by atoms with E-state index in [0.717, 1.165) is 0 Å². The molecule has 0 aliphatic carbocycles. The molecule has 0 radical (unpaired) electrons. The van der Waals surface area contributed by atoms with Crippen molar-refractivity contribution in [3.63, 3.8) is 0 Å². The molecule has 1 amide bonds. The van der Waals surface area contributed by atoms with Crippen molar-refractivity contribution >= 4 is 6.09 Å². The Hall–Kier alpha value is -0.770. The molecule has 1 heterocycles. The third-order valence-corrected chi connectivity index (χ3v) is 1.85. The second kappa shape index (κ2) is 3.76. The topological polar surface area (TPSA) is 38.8 Å². The molecule has 0 aromatic carbocycles. The number of hydrogen-bond acceptors (Lipinski definition) is 3. The molecule has 0 spiro atoms. The molecular weight excluding hydrogens is 158 g/mol. The summed E-state index contributed by atoms with van der Waals surface area (Å²) in [6.45, 7) is 5.14. The van der Waals surface area contributed by atoms with Crippen molar-refractivity contribution in [3.05, 3.63) is 0 Å². The predicted molar refractivity (Wildman–Crippen MR) is 44.0 cm³/mol. The highest BCUT2D eigenvalue weighted by Gasteiger charge is 2.25. The van der Waals surface area contributed by atoms with Gasteiger partial charge in [-0.15, -0.1) is 0 Å². The number of hydrogen-bond donors (Lipinski definition) is 0. The van der Waals surface area contributed by atoms with Crippen molar-refractivity contribution in [2.75, 3.05) is 20.2 Å². The van der Waals surface area contributed by atoms with Gasteiger partial charge in [0, 0.05) is 0 Å². The van der Waals surface area contributed by atoms with Crippen LogP contribution in [0.4, 0.5) is 4.79 Å². The number of carbonyl (C=O) groups is 1. The van der Waals surface area contributed by atoms with E-state index >= 15 is 0 Å². The molecule has 1 aliphatic heterocycles. The Kier molecular flexibility index (Phi) is 2.92. The van der Waals surface area contributed by atoms with E-state index in [4.69, 9.17) is 4.74 Å². The molecule has 1 aliphatic rings. The molecule has 4 heteroatoms. The smallest absolute Gasteiger partial charge is 0.409 e. The average Bonchev–Trinajstić information content (AvgIpc) is 2.01. The van der Waals surface area contributed by atoms with E-state index in [2.05, 4.69) is 4.74 Å². The SMILES string of the molecule is COC(=O)N1CC(C)OC(C)C1. The molecule has 1 rings (SSSR count). The lowest BCUT2D eigenvalue weighted by Crippen LogP contribution is -2.48. The summed E-state index contributed by atoms with van der Waals surface area (Å²) in [5, 5.41) is 0. The van der Waals surface area contributed by atoms with E-state index < -0.39 is 0 Å². The van der Waals surface area contributed by atoms with E-state index in [1.165, 1.54) is 7.11 Å². The molecule has 0 aromatic rings. The van der Waals surface area contributed by atoms with E-state index in [0.29, 0.717) is 13.1 Å². The van der Waals surface area contributed by atoms with Crippen LogP contribution < -0.4 is 0 Å². The predicted octanol–water partition coefficient (Wildman–Crippen LogP) is 0.862. The minimum absolute atomic E-state index is 0.104. The lowest BCUT2D eigenvalue weighted by Gasteiger charge is -2.34. The summed E-state index contributed by atoms with van der Waals surface area (Å²) in [5.41, 5.74) is 0. The number of methoxy groups -OCH3 is 1. The van der Waals surface area contributed by atoms with Crippen molar-refractivity contribution in [2.45, 2.75) is 26.1 Å². The summed E-state index contributed by atoms with van der Waals surface area (Å²) < 4.78 is 10.1. The summed E-state index contributed by atoms with van der Waals surface area (Å²) >= 11 is 0. The summed E-state index contributed by atoms with van der Waals surface area (Å²) in [4.78, 5) is 12.8. The summed E-state index contributed by atoms with van der Waals surface area (Å²) in [5.74, 6) is 0. The lowest BCUT2D eigenvalue weighted by atomic mass is 10.2. The molecule has 2 unspecified atom stereocenters. The van der Waals surface area contributed by atoms with Crippen LogP contribution in [0.5, 0.6) is 0 Å². The highest BCUT2D eigenvalue weighted by Crippen LogP contribution is 2.10. The molecular formula is C8H15NO3. The average molecular weight is 173 g/mol. The normalized spacial score (nSPS) is 30.1. The Bertz CT molecular complexity index is 162. The minimum atomic E-state index is -0.267. The van der Waals surface area contributed by atoms with Gasteiger partial charge in [0.2, 0.25) is 0 Å². The highest BCUT2D eigenvalue weighted by molar-refractivity contribution is 5.67. The molecule has 1 fully saturated rings. The first-order valence-corrected chi connectivity index (χ1v) is 4.12. The van der Waals surface area contributed by atoms with Gasteiger partial charge in [-0.05, 0) is 13.8 Å². The fraction of sp³-hybridized carbons (Fsp3) is 0.875. The van der Waals surface area contributed by atoms with Crippen LogP contribution in [0.3, 0.4) is 0 Å². The van der Waals surface area contributed by atoms with Gasteiger partial charge in [0.05, 0.1) is 32.4 Å². The molecule has 0 aromatic heterocycles. The van der Waals surface area contributed by atoms with Gasteiger partial charge in [0.25, 0.3) is 0 Å². The standard InChI is InChI=1S/C8H15NO3/c1-6-4-9(8(10)11-3)5-7(2)12-6/h6-7H,4-5H2,1-3H3. The summed E-state index contributed by atoms with van der Waals surface area (Å²) in [7, 11) is 1.40. The van der Waals surface area contributed by atoms with E-state index in [1.807, 2.05) is 13.8 Å². The Morgan fingerprint density at radius 3 is 2.33 bits per heavy atom. The fourth-order valence-corrected chi connectivity index (χ4v) is 1.46. The third-order valence-electron chi connectivity index (χ3n) is 1.85. The fourth-order valence-electron chi connectivity index (χ4n) is 1.46. The quantitative estimate of drug-likeness (QED) is 0.545. The van der Waals surface area contributed by atoms with Crippen molar-refractivity contribution in [1.82, 2.24) is 4.90 Å². The van der Waals surface area contributed by atoms with Crippen LogP contribution >= 0.6 is 0 Å². The number of ether oxygens (including phenoxy) is 2.